The third kappa shape index (κ3) is 5.22. The fourth-order valence-corrected chi connectivity index (χ4v) is 3.34. The van der Waals surface area contributed by atoms with Crippen molar-refractivity contribution in [3.05, 3.63) is 89.5 Å². The Kier molecular flexibility index (Phi) is 6.75. The van der Waals surface area contributed by atoms with Gasteiger partial charge in [-0.05, 0) is 51.9 Å². The number of ether oxygens (including phenoxy) is 1. The maximum atomic E-state index is 12.8. The van der Waals surface area contributed by atoms with Gasteiger partial charge in [0, 0.05) is 5.69 Å². The molecule has 0 aliphatic heterocycles. The second kappa shape index (κ2) is 9.49. The lowest BCUT2D eigenvalue weighted by molar-refractivity contribution is -0.151. The molecular weight excluding hydrogens is 400 g/mol. The summed E-state index contributed by atoms with van der Waals surface area (Å²) in [6, 6.07) is 24.8. The molecule has 5 nitrogen and oxygen atoms in total. The number of nitriles is 1. The van der Waals surface area contributed by atoms with Crippen molar-refractivity contribution in [1.29, 1.82) is 5.26 Å². The molecule has 0 unspecified atom stereocenters. The Balaban J connectivity index is 1.89. The van der Waals surface area contributed by atoms with E-state index in [-0.39, 0.29) is 12.0 Å². The number of anilines is 1. The van der Waals surface area contributed by atoms with Gasteiger partial charge in [-0.15, -0.1) is 0 Å². The molecule has 3 rings (SSSR count). The summed E-state index contributed by atoms with van der Waals surface area (Å²) in [6.07, 6.45) is 0. The van der Waals surface area contributed by atoms with Crippen molar-refractivity contribution in [3.8, 4) is 17.2 Å². The van der Waals surface area contributed by atoms with E-state index in [1.54, 1.807) is 24.3 Å². The molecule has 0 aromatic heterocycles. The molecule has 0 bridgehead atoms. The lowest BCUT2D eigenvalue weighted by Crippen LogP contribution is -2.36. The lowest BCUT2D eigenvalue weighted by Gasteiger charge is -2.23. The number of carbonyl (C=O) groups is 2. The van der Waals surface area contributed by atoms with E-state index in [2.05, 4.69) is 31.6 Å². The maximum Gasteiger partial charge on any atom is 0.397 e. The number of esters is 1. The van der Waals surface area contributed by atoms with Crippen molar-refractivity contribution in [2.24, 2.45) is 0 Å². The fraction of sp³-hybridized carbons (Fsp3) is 0.222. The van der Waals surface area contributed by atoms with E-state index in [9.17, 15) is 9.59 Å². The number of rotatable bonds is 4. The monoisotopic (exact) mass is 426 g/mol. The van der Waals surface area contributed by atoms with E-state index in [1.807, 2.05) is 48.5 Å². The van der Waals surface area contributed by atoms with Crippen LogP contribution in [0, 0.1) is 11.3 Å². The van der Waals surface area contributed by atoms with Gasteiger partial charge in [0.25, 0.3) is 0 Å². The van der Waals surface area contributed by atoms with Crippen LogP contribution in [-0.4, -0.2) is 19.0 Å². The first kappa shape index (κ1) is 22.8. The SMILES string of the molecule is COC(=O)C(=O)N(Cc1ccc(C(C)(C)C)cc1)c1ccc(-c2ccc(C#N)cc2)cc1. The second-order valence-electron chi connectivity index (χ2n) is 8.57. The normalized spacial score (nSPS) is 10.8. The summed E-state index contributed by atoms with van der Waals surface area (Å²) < 4.78 is 4.67. The van der Waals surface area contributed by atoms with Crippen LogP contribution in [0.5, 0.6) is 0 Å². The Morgan fingerprint density at radius 1 is 0.875 bits per heavy atom. The molecule has 1 amide bonds. The van der Waals surface area contributed by atoms with Gasteiger partial charge in [-0.2, -0.15) is 5.26 Å². The molecule has 0 aliphatic carbocycles. The minimum Gasteiger partial charge on any atom is -0.462 e. The van der Waals surface area contributed by atoms with E-state index < -0.39 is 11.9 Å². The Bertz CT molecular complexity index is 1130. The summed E-state index contributed by atoms with van der Waals surface area (Å²) in [5.74, 6) is -1.63. The van der Waals surface area contributed by atoms with Gasteiger partial charge in [-0.1, -0.05) is 69.3 Å². The van der Waals surface area contributed by atoms with Gasteiger partial charge in [-0.25, -0.2) is 4.79 Å². The average Bonchev–Trinajstić information content (AvgIpc) is 2.81. The van der Waals surface area contributed by atoms with Crippen LogP contribution < -0.4 is 4.90 Å². The molecule has 0 heterocycles. The molecule has 0 aliphatic rings. The highest BCUT2D eigenvalue weighted by molar-refractivity contribution is 6.38. The molecule has 3 aromatic rings. The fourth-order valence-electron chi connectivity index (χ4n) is 3.34. The first-order chi connectivity index (χ1) is 15.2. The highest BCUT2D eigenvalue weighted by Crippen LogP contribution is 2.26. The lowest BCUT2D eigenvalue weighted by atomic mass is 9.87. The Morgan fingerprint density at radius 2 is 1.41 bits per heavy atom. The first-order valence-corrected chi connectivity index (χ1v) is 10.3. The highest BCUT2D eigenvalue weighted by atomic mass is 16.5. The second-order valence-corrected chi connectivity index (χ2v) is 8.57. The van der Waals surface area contributed by atoms with E-state index >= 15 is 0 Å². The first-order valence-electron chi connectivity index (χ1n) is 10.3. The molecule has 0 saturated carbocycles. The zero-order chi connectivity index (χ0) is 23.3. The molecule has 0 N–H and O–H groups in total. The van der Waals surface area contributed by atoms with Crippen LogP contribution in [0.1, 0.15) is 37.5 Å². The molecule has 3 aromatic carbocycles. The Morgan fingerprint density at radius 3 is 1.88 bits per heavy atom. The molecule has 0 spiro atoms. The largest absolute Gasteiger partial charge is 0.462 e. The zero-order valence-electron chi connectivity index (χ0n) is 18.8. The predicted molar refractivity (Wildman–Crippen MR) is 125 cm³/mol. The van der Waals surface area contributed by atoms with E-state index in [0.29, 0.717) is 11.3 Å². The van der Waals surface area contributed by atoms with Crippen LogP contribution in [-0.2, 0) is 26.3 Å². The van der Waals surface area contributed by atoms with Crippen molar-refractivity contribution in [3.63, 3.8) is 0 Å². The van der Waals surface area contributed by atoms with Gasteiger partial charge in [0.05, 0.1) is 25.3 Å². The number of amides is 1. The average molecular weight is 427 g/mol. The number of nitrogens with zero attached hydrogens (tertiary/aromatic N) is 2. The molecule has 0 radical (unpaired) electrons. The molecule has 32 heavy (non-hydrogen) atoms. The summed E-state index contributed by atoms with van der Waals surface area (Å²) in [5.41, 5.74) is 5.22. The zero-order valence-corrected chi connectivity index (χ0v) is 18.8. The third-order valence-electron chi connectivity index (χ3n) is 5.29. The Hall–Kier alpha value is -3.91. The third-order valence-corrected chi connectivity index (χ3v) is 5.29. The summed E-state index contributed by atoms with van der Waals surface area (Å²) in [7, 11) is 1.20. The maximum absolute atomic E-state index is 12.8. The smallest absolute Gasteiger partial charge is 0.397 e. The van der Waals surface area contributed by atoms with Crippen LogP contribution in [0.15, 0.2) is 72.8 Å². The quantitative estimate of drug-likeness (QED) is 0.423. The molecule has 0 fully saturated rings. The summed E-state index contributed by atoms with van der Waals surface area (Å²) in [6.45, 7) is 6.67. The number of hydrogen-bond acceptors (Lipinski definition) is 4. The van der Waals surface area contributed by atoms with Crippen molar-refractivity contribution in [2.75, 3.05) is 12.0 Å². The summed E-state index contributed by atoms with van der Waals surface area (Å²) in [4.78, 5) is 26.2. The minimum atomic E-state index is -0.910. The van der Waals surface area contributed by atoms with Crippen molar-refractivity contribution in [1.82, 2.24) is 0 Å². The molecular formula is C27H26N2O3. The van der Waals surface area contributed by atoms with Crippen molar-refractivity contribution in [2.45, 2.75) is 32.7 Å². The molecule has 0 atom stereocenters. The van der Waals surface area contributed by atoms with Gasteiger partial charge < -0.3 is 4.74 Å². The number of methoxy groups -OCH3 is 1. The molecule has 5 heteroatoms. The van der Waals surface area contributed by atoms with Crippen molar-refractivity contribution >= 4 is 17.6 Å². The summed E-state index contributed by atoms with van der Waals surface area (Å²) >= 11 is 0. The number of benzene rings is 3. The van der Waals surface area contributed by atoms with Crippen LogP contribution in [0.25, 0.3) is 11.1 Å². The number of carbonyl (C=O) groups excluding carboxylic acids is 2. The summed E-state index contributed by atoms with van der Waals surface area (Å²) in [5, 5.41) is 8.96. The van der Waals surface area contributed by atoms with Gasteiger partial charge in [-0.3, -0.25) is 9.69 Å². The highest BCUT2D eigenvalue weighted by Gasteiger charge is 2.24. The number of hydrogen-bond donors (Lipinski definition) is 0. The van der Waals surface area contributed by atoms with Crippen molar-refractivity contribution < 1.29 is 14.3 Å². The van der Waals surface area contributed by atoms with Gasteiger partial charge in [0.15, 0.2) is 0 Å². The van der Waals surface area contributed by atoms with Gasteiger partial charge in [0.2, 0.25) is 0 Å². The predicted octanol–water partition coefficient (Wildman–Crippen LogP) is 5.23. The molecule has 162 valence electrons. The minimum absolute atomic E-state index is 0.0291. The van der Waals surface area contributed by atoms with E-state index in [4.69, 9.17) is 5.26 Å². The van der Waals surface area contributed by atoms with Gasteiger partial charge in [0.1, 0.15) is 0 Å². The topological polar surface area (TPSA) is 70.4 Å². The van der Waals surface area contributed by atoms with Gasteiger partial charge >= 0.3 is 11.9 Å². The van der Waals surface area contributed by atoms with E-state index in [0.717, 1.165) is 16.7 Å². The Labute approximate surface area is 188 Å². The van der Waals surface area contributed by atoms with E-state index in [1.165, 1.54) is 17.6 Å². The van der Waals surface area contributed by atoms with Crippen LogP contribution in [0.4, 0.5) is 5.69 Å². The van der Waals surface area contributed by atoms with Crippen LogP contribution in [0.3, 0.4) is 0 Å². The molecule has 0 saturated heterocycles. The van der Waals surface area contributed by atoms with Crippen LogP contribution in [0.2, 0.25) is 0 Å². The van der Waals surface area contributed by atoms with Crippen LogP contribution >= 0.6 is 0 Å². The standard InChI is InChI=1S/C27H26N2O3/c1-27(2,3)23-13-7-20(8-14-23)18-29(25(30)26(31)32-4)24-15-11-22(12-16-24)21-9-5-19(17-28)6-10-21/h5-16H,18H2,1-4H3.